The molecular weight excluding hydrogens is 385 g/mol. The number of alkyl halides is 3. The number of rotatable bonds is 3. The van der Waals surface area contributed by atoms with Gasteiger partial charge in [0.05, 0.1) is 12.6 Å². The van der Waals surface area contributed by atoms with E-state index in [0.717, 1.165) is 33.3 Å². The minimum atomic E-state index is -4.33. The molecule has 124 valence electrons. The van der Waals surface area contributed by atoms with Gasteiger partial charge in [-0.25, -0.2) is 0 Å². The Labute approximate surface area is 144 Å². The van der Waals surface area contributed by atoms with Gasteiger partial charge in [0.2, 0.25) is 5.82 Å². The lowest BCUT2D eigenvalue weighted by Crippen LogP contribution is -2.04. The van der Waals surface area contributed by atoms with Crippen molar-refractivity contribution in [3.8, 4) is 11.4 Å². The normalized spacial score (nSPS) is 11.7. The quantitative estimate of drug-likeness (QED) is 0.664. The van der Waals surface area contributed by atoms with Crippen LogP contribution in [-0.4, -0.2) is 20.2 Å². The maximum Gasteiger partial charge on any atom is 0.416 e. The summed E-state index contributed by atoms with van der Waals surface area (Å²) in [5, 5.41) is 12.0. The summed E-state index contributed by atoms with van der Waals surface area (Å²) in [6, 6.07) is 10.8. The van der Waals surface area contributed by atoms with Crippen LogP contribution in [0.2, 0.25) is 0 Å². The Kier molecular flexibility index (Phi) is 4.40. The molecule has 0 saturated carbocycles. The Morgan fingerprint density at radius 3 is 2.38 bits per heavy atom. The molecule has 24 heavy (non-hydrogen) atoms. The molecule has 2 aromatic carbocycles. The molecule has 0 saturated heterocycles. The van der Waals surface area contributed by atoms with E-state index in [0.29, 0.717) is 12.2 Å². The average molecular weight is 397 g/mol. The summed E-state index contributed by atoms with van der Waals surface area (Å²) < 4.78 is 38.8. The van der Waals surface area contributed by atoms with Gasteiger partial charge in [-0.2, -0.15) is 18.0 Å². The van der Waals surface area contributed by atoms with Crippen LogP contribution in [-0.2, 0) is 19.6 Å². The van der Waals surface area contributed by atoms with Gasteiger partial charge in [0.15, 0.2) is 0 Å². The van der Waals surface area contributed by atoms with E-state index in [4.69, 9.17) is 0 Å². The highest BCUT2D eigenvalue weighted by Gasteiger charge is 2.29. The fraction of sp³-hybridized carbons (Fsp3) is 0.188. The van der Waals surface area contributed by atoms with Crippen LogP contribution >= 0.6 is 15.9 Å². The van der Waals surface area contributed by atoms with E-state index in [-0.39, 0.29) is 0 Å². The van der Waals surface area contributed by atoms with Crippen LogP contribution in [0, 0.1) is 0 Å². The van der Waals surface area contributed by atoms with Gasteiger partial charge >= 0.3 is 6.18 Å². The minimum Gasteiger partial charge on any atom is -0.167 e. The number of nitrogens with zero attached hydrogens (tertiary/aromatic N) is 4. The summed E-state index contributed by atoms with van der Waals surface area (Å²) in [5.41, 5.74) is 1.82. The van der Waals surface area contributed by atoms with Crippen molar-refractivity contribution < 1.29 is 13.2 Å². The number of aromatic nitrogens is 4. The lowest BCUT2D eigenvalue weighted by molar-refractivity contribution is -0.137. The van der Waals surface area contributed by atoms with Crippen molar-refractivity contribution in [3.63, 3.8) is 0 Å². The molecule has 0 aliphatic rings. The summed E-state index contributed by atoms with van der Waals surface area (Å²) in [4.78, 5) is 1.36. The zero-order chi connectivity index (χ0) is 17.3. The van der Waals surface area contributed by atoms with Crippen molar-refractivity contribution in [2.24, 2.45) is 7.05 Å². The molecule has 1 heterocycles. The van der Waals surface area contributed by atoms with Crippen LogP contribution in [0.15, 0.2) is 46.9 Å². The molecule has 0 radical (unpaired) electrons. The number of tetrazole rings is 1. The molecule has 0 unspecified atom stereocenters. The summed E-state index contributed by atoms with van der Waals surface area (Å²) in [5.74, 6) is 0.473. The molecule has 3 aromatic rings. The van der Waals surface area contributed by atoms with E-state index in [9.17, 15) is 13.2 Å². The molecule has 0 bridgehead atoms. The summed E-state index contributed by atoms with van der Waals surface area (Å²) in [7, 11) is 1.67. The third-order valence-electron chi connectivity index (χ3n) is 3.50. The topological polar surface area (TPSA) is 43.6 Å². The van der Waals surface area contributed by atoms with Crippen molar-refractivity contribution in [2.75, 3.05) is 0 Å². The zero-order valence-corrected chi connectivity index (χ0v) is 14.1. The molecule has 0 fully saturated rings. The molecule has 0 spiro atoms. The monoisotopic (exact) mass is 396 g/mol. The Balaban J connectivity index is 1.93. The fourth-order valence-electron chi connectivity index (χ4n) is 2.33. The maximum atomic E-state index is 12.6. The summed E-state index contributed by atoms with van der Waals surface area (Å²) in [6.07, 6.45) is -3.86. The molecule has 4 nitrogen and oxygen atoms in total. The van der Waals surface area contributed by atoms with E-state index < -0.39 is 11.7 Å². The number of halogens is 4. The average Bonchev–Trinajstić information content (AvgIpc) is 2.95. The van der Waals surface area contributed by atoms with Crippen LogP contribution in [0.25, 0.3) is 11.4 Å². The van der Waals surface area contributed by atoms with Gasteiger partial charge in [-0.1, -0.05) is 34.1 Å². The predicted molar refractivity (Wildman–Crippen MR) is 86.2 cm³/mol. The second-order valence-corrected chi connectivity index (χ2v) is 6.19. The van der Waals surface area contributed by atoms with Crippen LogP contribution in [0.1, 0.15) is 16.7 Å². The Morgan fingerprint density at radius 2 is 1.79 bits per heavy atom. The smallest absolute Gasteiger partial charge is 0.167 e. The highest BCUT2D eigenvalue weighted by atomic mass is 79.9. The van der Waals surface area contributed by atoms with Crippen molar-refractivity contribution in [1.29, 1.82) is 0 Å². The van der Waals surface area contributed by atoms with E-state index in [1.54, 1.807) is 7.05 Å². The van der Waals surface area contributed by atoms with Crippen LogP contribution in [0.3, 0.4) is 0 Å². The molecule has 0 N–H and O–H groups in total. The number of aryl methyl sites for hydroxylation is 1. The first-order chi connectivity index (χ1) is 11.3. The van der Waals surface area contributed by atoms with Gasteiger partial charge in [0, 0.05) is 10.0 Å². The number of benzene rings is 2. The van der Waals surface area contributed by atoms with E-state index >= 15 is 0 Å². The van der Waals surface area contributed by atoms with Gasteiger partial charge in [-0.3, -0.25) is 0 Å². The molecular formula is C16H12BrF3N4. The second kappa shape index (κ2) is 6.35. The van der Waals surface area contributed by atoms with Gasteiger partial charge in [0.1, 0.15) is 0 Å². The maximum absolute atomic E-state index is 12.6. The third-order valence-corrected chi connectivity index (χ3v) is 3.99. The number of hydrogen-bond donors (Lipinski definition) is 0. The van der Waals surface area contributed by atoms with E-state index in [2.05, 4.69) is 31.3 Å². The van der Waals surface area contributed by atoms with Crippen molar-refractivity contribution >= 4 is 15.9 Å². The van der Waals surface area contributed by atoms with Gasteiger partial charge in [0.25, 0.3) is 0 Å². The van der Waals surface area contributed by atoms with Crippen LogP contribution < -0.4 is 0 Å². The standard InChI is InChI=1S/C16H12BrF3N4/c1-24-22-15(21-23-24)14-9-13(17)7-4-11(14)8-10-2-5-12(6-3-10)16(18,19)20/h2-7,9H,8H2,1H3. The van der Waals surface area contributed by atoms with Gasteiger partial charge in [-0.15, -0.1) is 10.2 Å². The Morgan fingerprint density at radius 1 is 1.08 bits per heavy atom. The SMILES string of the molecule is Cn1nnc(-c2cc(Br)ccc2Cc2ccc(C(F)(F)F)cc2)n1. The van der Waals surface area contributed by atoms with Crippen LogP contribution in [0.5, 0.6) is 0 Å². The lowest BCUT2D eigenvalue weighted by Gasteiger charge is -2.10. The predicted octanol–water partition coefficient (Wildman–Crippen LogP) is 4.25. The molecule has 0 atom stereocenters. The first-order valence-electron chi connectivity index (χ1n) is 7.02. The zero-order valence-electron chi connectivity index (χ0n) is 12.5. The van der Waals surface area contributed by atoms with Crippen LogP contribution in [0.4, 0.5) is 13.2 Å². The van der Waals surface area contributed by atoms with Crippen molar-refractivity contribution in [2.45, 2.75) is 12.6 Å². The molecule has 8 heteroatoms. The largest absolute Gasteiger partial charge is 0.416 e. The highest BCUT2D eigenvalue weighted by molar-refractivity contribution is 9.10. The molecule has 0 amide bonds. The van der Waals surface area contributed by atoms with Crippen molar-refractivity contribution in [1.82, 2.24) is 20.2 Å². The Hall–Kier alpha value is -2.22. The second-order valence-electron chi connectivity index (χ2n) is 5.28. The summed E-state index contributed by atoms with van der Waals surface area (Å²) >= 11 is 3.41. The molecule has 1 aromatic heterocycles. The fourth-order valence-corrected chi connectivity index (χ4v) is 2.70. The lowest BCUT2D eigenvalue weighted by atomic mass is 9.98. The molecule has 0 aliphatic heterocycles. The number of hydrogen-bond acceptors (Lipinski definition) is 3. The summed E-state index contributed by atoms with van der Waals surface area (Å²) in [6.45, 7) is 0. The minimum absolute atomic E-state index is 0.471. The van der Waals surface area contributed by atoms with E-state index in [1.807, 2.05) is 18.2 Å². The first kappa shape index (κ1) is 16.6. The van der Waals surface area contributed by atoms with Gasteiger partial charge in [-0.05, 0) is 47.0 Å². The first-order valence-corrected chi connectivity index (χ1v) is 7.81. The third kappa shape index (κ3) is 3.64. The van der Waals surface area contributed by atoms with Crippen molar-refractivity contribution in [3.05, 3.63) is 63.6 Å². The highest BCUT2D eigenvalue weighted by Crippen LogP contribution is 2.30. The molecule has 3 rings (SSSR count). The Bertz CT molecular complexity index is 857. The van der Waals surface area contributed by atoms with Gasteiger partial charge < -0.3 is 0 Å². The molecule has 0 aliphatic carbocycles. The van der Waals surface area contributed by atoms with E-state index in [1.165, 1.54) is 16.9 Å².